The summed E-state index contributed by atoms with van der Waals surface area (Å²) < 4.78 is 23.9. The quantitative estimate of drug-likeness (QED) is 0.679. The molecule has 0 aliphatic heterocycles. The molecule has 0 atom stereocenters. The van der Waals surface area contributed by atoms with Crippen LogP contribution >= 0.6 is 0 Å². The van der Waals surface area contributed by atoms with Gasteiger partial charge in [0.15, 0.2) is 5.82 Å². The topological polar surface area (TPSA) is 141 Å². The average Bonchev–Trinajstić information content (AvgIpc) is 2.99. The van der Waals surface area contributed by atoms with Gasteiger partial charge < -0.3 is 5.11 Å². The summed E-state index contributed by atoms with van der Waals surface area (Å²) in [6.45, 7) is 0. The molecule has 0 amide bonds. The number of benzene rings is 1. The molecule has 10 heteroatoms. The van der Waals surface area contributed by atoms with E-state index in [2.05, 4.69) is 15.1 Å². The smallest absolute Gasteiger partial charge is 0.375 e. The van der Waals surface area contributed by atoms with E-state index in [0.717, 1.165) is 11.8 Å². The van der Waals surface area contributed by atoms with Gasteiger partial charge in [0.05, 0.1) is 0 Å². The van der Waals surface area contributed by atoms with Gasteiger partial charge in [-0.2, -0.15) is 4.68 Å². The normalized spacial score (nSPS) is 11.4. The molecule has 0 spiro atoms. The second-order valence-electron chi connectivity index (χ2n) is 5.13. The van der Waals surface area contributed by atoms with Crippen molar-refractivity contribution in [1.29, 1.82) is 0 Å². The van der Waals surface area contributed by atoms with Crippen molar-refractivity contribution in [2.24, 2.45) is 5.14 Å². The van der Waals surface area contributed by atoms with Crippen LogP contribution in [0.4, 0.5) is 0 Å². The maximum atomic E-state index is 11.3. The number of pyridine rings is 1. The predicted molar refractivity (Wildman–Crippen MR) is 86.7 cm³/mol. The number of aromatic carboxylic acids is 1. The molecular formula is C15H13N5O4S. The Balaban J connectivity index is 2.04. The van der Waals surface area contributed by atoms with Crippen LogP contribution in [0.15, 0.2) is 53.6 Å². The molecule has 0 saturated carbocycles. The molecule has 2 aromatic heterocycles. The second kappa shape index (κ2) is 6.42. The lowest BCUT2D eigenvalue weighted by Crippen LogP contribution is -2.13. The van der Waals surface area contributed by atoms with E-state index < -0.39 is 16.0 Å². The predicted octanol–water partition coefficient (Wildman–Crippen LogP) is 0.599. The first-order chi connectivity index (χ1) is 11.8. The minimum Gasteiger partial charge on any atom is -0.475 e. The third kappa shape index (κ3) is 3.70. The number of carbonyl (C=O) groups is 1. The molecule has 0 bridgehead atoms. The maximum absolute atomic E-state index is 11.3. The average molecular weight is 359 g/mol. The molecule has 2 heterocycles. The SMILES string of the molecule is NS(=O)(=O)c1ccc(-n2nc(C(=O)O)nc2Cc2ccccc2)nc1. The summed E-state index contributed by atoms with van der Waals surface area (Å²) in [5.74, 6) is -1.05. The van der Waals surface area contributed by atoms with Gasteiger partial charge in [-0.1, -0.05) is 30.3 Å². The largest absolute Gasteiger partial charge is 0.475 e. The summed E-state index contributed by atoms with van der Waals surface area (Å²) >= 11 is 0. The van der Waals surface area contributed by atoms with Crippen LogP contribution in [0.2, 0.25) is 0 Å². The molecule has 25 heavy (non-hydrogen) atoms. The van der Waals surface area contributed by atoms with Gasteiger partial charge in [-0.25, -0.2) is 28.3 Å². The van der Waals surface area contributed by atoms with Crippen molar-refractivity contribution in [2.75, 3.05) is 0 Å². The number of sulfonamides is 1. The van der Waals surface area contributed by atoms with Crippen molar-refractivity contribution in [2.45, 2.75) is 11.3 Å². The Morgan fingerprint density at radius 3 is 2.44 bits per heavy atom. The fourth-order valence-corrected chi connectivity index (χ4v) is 2.63. The van der Waals surface area contributed by atoms with E-state index in [1.165, 1.54) is 16.8 Å². The Hall–Kier alpha value is -3.11. The zero-order chi connectivity index (χ0) is 18.0. The highest BCUT2D eigenvalue weighted by molar-refractivity contribution is 7.89. The second-order valence-corrected chi connectivity index (χ2v) is 6.69. The van der Waals surface area contributed by atoms with Crippen LogP contribution in [0.5, 0.6) is 0 Å². The molecule has 0 aliphatic rings. The number of hydrogen-bond donors (Lipinski definition) is 2. The van der Waals surface area contributed by atoms with Gasteiger partial charge in [0.2, 0.25) is 10.0 Å². The Labute approximate surface area is 142 Å². The minimum atomic E-state index is -3.87. The summed E-state index contributed by atoms with van der Waals surface area (Å²) in [5, 5.41) is 18.1. The van der Waals surface area contributed by atoms with Gasteiger partial charge in [0.1, 0.15) is 10.7 Å². The summed E-state index contributed by atoms with van der Waals surface area (Å²) in [4.78, 5) is 19.0. The number of carboxylic acids is 1. The number of primary sulfonamides is 1. The van der Waals surface area contributed by atoms with Crippen LogP contribution in [0, 0.1) is 0 Å². The van der Waals surface area contributed by atoms with E-state index in [4.69, 9.17) is 10.2 Å². The van der Waals surface area contributed by atoms with Crippen LogP contribution in [-0.2, 0) is 16.4 Å². The van der Waals surface area contributed by atoms with Crippen molar-refractivity contribution < 1.29 is 18.3 Å². The van der Waals surface area contributed by atoms with Gasteiger partial charge in [-0.3, -0.25) is 0 Å². The monoisotopic (exact) mass is 359 g/mol. The lowest BCUT2D eigenvalue weighted by Gasteiger charge is -2.06. The Bertz CT molecular complexity index is 1010. The van der Waals surface area contributed by atoms with Crippen molar-refractivity contribution >= 4 is 16.0 Å². The van der Waals surface area contributed by atoms with Crippen molar-refractivity contribution in [3.05, 3.63) is 65.9 Å². The number of carboxylic acid groups (broad SMARTS) is 1. The molecule has 0 saturated heterocycles. The Kier molecular flexibility index (Phi) is 4.30. The van der Waals surface area contributed by atoms with E-state index in [0.29, 0.717) is 12.2 Å². The Morgan fingerprint density at radius 1 is 1.16 bits per heavy atom. The molecular weight excluding hydrogens is 346 g/mol. The lowest BCUT2D eigenvalue weighted by molar-refractivity contribution is 0.0683. The summed E-state index contributed by atoms with van der Waals surface area (Å²) in [7, 11) is -3.87. The summed E-state index contributed by atoms with van der Waals surface area (Å²) in [6.07, 6.45) is 1.42. The molecule has 128 valence electrons. The first-order valence-corrected chi connectivity index (χ1v) is 8.61. The summed E-state index contributed by atoms with van der Waals surface area (Å²) in [6, 6.07) is 12.0. The molecule has 1 aromatic carbocycles. The van der Waals surface area contributed by atoms with Gasteiger partial charge in [-0.15, -0.1) is 5.10 Å². The van der Waals surface area contributed by atoms with E-state index in [9.17, 15) is 13.2 Å². The first kappa shape index (κ1) is 16.7. The Morgan fingerprint density at radius 2 is 1.88 bits per heavy atom. The van der Waals surface area contributed by atoms with Gasteiger partial charge in [0, 0.05) is 12.6 Å². The number of nitrogens with two attached hydrogens (primary N) is 1. The van der Waals surface area contributed by atoms with E-state index in [1.54, 1.807) is 0 Å². The zero-order valence-electron chi connectivity index (χ0n) is 12.8. The number of nitrogens with zero attached hydrogens (tertiary/aromatic N) is 4. The van der Waals surface area contributed by atoms with E-state index >= 15 is 0 Å². The van der Waals surface area contributed by atoms with Crippen LogP contribution in [0.25, 0.3) is 5.82 Å². The third-order valence-corrected chi connectivity index (χ3v) is 4.24. The highest BCUT2D eigenvalue weighted by atomic mass is 32.2. The van der Waals surface area contributed by atoms with Crippen LogP contribution in [0.3, 0.4) is 0 Å². The van der Waals surface area contributed by atoms with Crippen LogP contribution < -0.4 is 5.14 Å². The van der Waals surface area contributed by atoms with Gasteiger partial charge >= 0.3 is 5.97 Å². The maximum Gasteiger partial charge on any atom is 0.375 e. The van der Waals surface area contributed by atoms with E-state index in [1.807, 2.05) is 30.3 Å². The van der Waals surface area contributed by atoms with Crippen LogP contribution in [0.1, 0.15) is 22.0 Å². The van der Waals surface area contributed by atoms with Crippen molar-refractivity contribution in [3.8, 4) is 5.82 Å². The molecule has 9 nitrogen and oxygen atoms in total. The van der Waals surface area contributed by atoms with Gasteiger partial charge in [-0.05, 0) is 17.7 Å². The first-order valence-electron chi connectivity index (χ1n) is 7.07. The molecule has 0 fully saturated rings. The van der Waals surface area contributed by atoms with Gasteiger partial charge in [0.25, 0.3) is 5.82 Å². The van der Waals surface area contributed by atoms with E-state index in [-0.39, 0.29) is 16.5 Å². The number of rotatable bonds is 5. The molecule has 3 rings (SSSR count). The molecule has 3 aromatic rings. The van der Waals surface area contributed by atoms with Crippen molar-refractivity contribution in [3.63, 3.8) is 0 Å². The fourth-order valence-electron chi connectivity index (χ4n) is 2.18. The zero-order valence-corrected chi connectivity index (χ0v) is 13.6. The van der Waals surface area contributed by atoms with Crippen LogP contribution in [-0.4, -0.2) is 39.2 Å². The summed E-state index contributed by atoms with van der Waals surface area (Å²) in [5.41, 5.74) is 0.911. The minimum absolute atomic E-state index is 0.153. The van der Waals surface area contributed by atoms with Crippen molar-refractivity contribution in [1.82, 2.24) is 19.7 Å². The lowest BCUT2D eigenvalue weighted by atomic mass is 10.1. The number of hydrogen-bond acceptors (Lipinski definition) is 6. The fraction of sp³-hybridized carbons (Fsp3) is 0.0667. The molecule has 0 unspecified atom stereocenters. The molecule has 0 radical (unpaired) electrons. The number of aromatic nitrogens is 4. The highest BCUT2D eigenvalue weighted by Gasteiger charge is 2.18. The third-order valence-electron chi connectivity index (χ3n) is 3.34. The highest BCUT2D eigenvalue weighted by Crippen LogP contribution is 2.14. The molecule has 3 N–H and O–H groups in total. The molecule has 0 aliphatic carbocycles. The standard InChI is InChI=1S/C15H13N5O4S/c16-25(23,24)11-6-7-12(17-9-11)20-13(18-14(19-20)15(21)22)8-10-4-2-1-3-5-10/h1-7,9H,8H2,(H,21,22)(H2,16,23,24).